The minimum absolute atomic E-state index is 1.22. The number of unbranched alkanes of at least 4 members (excludes halogenated alkanes) is 18. The van der Waals surface area contributed by atoms with Gasteiger partial charge in [-0.1, -0.05) is 124 Å². The predicted molar refractivity (Wildman–Crippen MR) is 142 cm³/mol. The van der Waals surface area contributed by atoms with Crippen LogP contribution in [0.1, 0.15) is 161 Å². The van der Waals surface area contributed by atoms with Crippen LogP contribution in [-0.4, -0.2) is 4.57 Å². The van der Waals surface area contributed by atoms with Crippen LogP contribution in [0.3, 0.4) is 0 Å². The van der Waals surface area contributed by atoms with Crippen molar-refractivity contribution >= 4 is 0 Å². The van der Waals surface area contributed by atoms with Crippen molar-refractivity contribution in [2.45, 2.75) is 175 Å². The molecule has 188 valence electrons. The van der Waals surface area contributed by atoms with Crippen LogP contribution in [0.4, 0.5) is 0 Å². The molecule has 2 heteroatoms. The molecule has 32 heavy (non-hydrogen) atoms. The molecule has 1 aromatic heterocycles. The van der Waals surface area contributed by atoms with E-state index in [2.05, 4.69) is 42.3 Å². The standard InChI is InChI=1S/C30H59N2/c1-4-7-10-12-14-16-17-19-21-24-27-32-29-28-31(30(32)25-22-9-6-3)26-23-20-18-15-13-11-8-5-2/h28-29H,4-27H2,1-3H3/q+1. The average Bonchev–Trinajstić information content (AvgIpc) is 3.18. The highest BCUT2D eigenvalue weighted by Gasteiger charge is 2.16. The van der Waals surface area contributed by atoms with Gasteiger partial charge in [-0.25, -0.2) is 9.13 Å². The van der Waals surface area contributed by atoms with Crippen LogP contribution in [0.5, 0.6) is 0 Å². The van der Waals surface area contributed by atoms with Gasteiger partial charge in [0.2, 0.25) is 0 Å². The van der Waals surface area contributed by atoms with Crippen molar-refractivity contribution in [1.82, 2.24) is 4.57 Å². The molecule has 0 N–H and O–H groups in total. The highest BCUT2D eigenvalue weighted by Crippen LogP contribution is 2.13. The third-order valence-electron chi connectivity index (χ3n) is 7.10. The summed E-state index contributed by atoms with van der Waals surface area (Å²) in [7, 11) is 0. The Morgan fingerprint density at radius 2 is 0.969 bits per heavy atom. The second-order valence-corrected chi connectivity index (χ2v) is 10.2. The lowest BCUT2D eigenvalue weighted by Gasteiger charge is -2.06. The van der Waals surface area contributed by atoms with Crippen LogP contribution >= 0.6 is 0 Å². The molecule has 0 saturated carbocycles. The summed E-state index contributed by atoms with van der Waals surface area (Å²) in [6.45, 7) is 9.37. The monoisotopic (exact) mass is 447 g/mol. The molecule has 1 heterocycles. The van der Waals surface area contributed by atoms with Gasteiger partial charge in [0.15, 0.2) is 0 Å². The molecule has 0 aromatic carbocycles. The van der Waals surface area contributed by atoms with Gasteiger partial charge in [0.05, 0.1) is 13.1 Å². The maximum absolute atomic E-state index is 2.59. The van der Waals surface area contributed by atoms with Crippen LogP contribution in [0.25, 0.3) is 0 Å². The lowest BCUT2D eigenvalue weighted by Crippen LogP contribution is -2.37. The fourth-order valence-electron chi connectivity index (χ4n) is 4.91. The molecule has 0 atom stereocenters. The first-order valence-corrected chi connectivity index (χ1v) is 14.9. The summed E-state index contributed by atoms with van der Waals surface area (Å²) in [4.78, 5) is 0. The lowest BCUT2D eigenvalue weighted by atomic mass is 10.1. The molecule has 0 aliphatic carbocycles. The molecule has 0 aliphatic heterocycles. The normalized spacial score (nSPS) is 11.5. The molecule has 0 bridgehead atoms. The molecule has 0 spiro atoms. The van der Waals surface area contributed by atoms with E-state index in [1.54, 1.807) is 5.82 Å². The van der Waals surface area contributed by atoms with Crippen LogP contribution < -0.4 is 4.57 Å². The average molecular weight is 448 g/mol. The zero-order chi connectivity index (χ0) is 23.1. The molecule has 0 fully saturated rings. The van der Waals surface area contributed by atoms with E-state index < -0.39 is 0 Å². The number of hydrogen-bond acceptors (Lipinski definition) is 0. The fraction of sp³-hybridized carbons (Fsp3) is 0.900. The molecule has 0 unspecified atom stereocenters. The van der Waals surface area contributed by atoms with Crippen molar-refractivity contribution in [2.75, 3.05) is 0 Å². The second kappa shape index (κ2) is 22.0. The zero-order valence-corrected chi connectivity index (χ0v) is 22.5. The van der Waals surface area contributed by atoms with Crippen LogP contribution in [-0.2, 0) is 19.5 Å². The zero-order valence-electron chi connectivity index (χ0n) is 22.5. The summed E-state index contributed by atoms with van der Waals surface area (Å²) in [5.41, 5.74) is 0. The van der Waals surface area contributed by atoms with Crippen molar-refractivity contribution in [1.29, 1.82) is 0 Å². The first-order valence-electron chi connectivity index (χ1n) is 14.9. The minimum atomic E-state index is 1.22. The van der Waals surface area contributed by atoms with Gasteiger partial charge in [0, 0.05) is 6.42 Å². The van der Waals surface area contributed by atoms with E-state index in [0.29, 0.717) is 0 Å². The second-order valence-electron chi connectivity index (χ2n) is 10.2. The summed E-state index contributed by atoms with van der Waals surface area (Å²) in [5.74, 6) is 1.59. The Bertz CT molecular complexity index is 505. The third kappa shape index (κ3) is 15.1. The van der Waals surface area contributed by atoms with E-state index in [-0.39, 0.29) is 0 Å². The number of aromatic nitrogens is 2. The topological polar surface area (TPSA) is 8.81 Å². The van der Waals surface area contributed by atoms with E-state index >= 15 is 0 Å². The Morgan fingerprint density at radius 3 is 1.50 bits per heavy atom. The number of nitrogens with zero attached hydrogens (tertiary/aromatic N) is 2. The molecule has 2 nitrogen and oxygen atoms in total. The Kier molecular flexibility index (Phi) is 20.1. The summed E-state index contributed by atoms with van der Waals surface area (Å²) < 4.78 is 5.17. The number of imidazole rings is 1. The van der Waals surface area contributed by atoms with Crippen molar-refractivity contribution < 1.29 is 4.57 Å². The van der Waals surface area contributed by atoms with Gasteiger partial charge in [0.25, 0.3) is 5.82 Å². The van der Waals surface area contributed by atoms with E-state index in [1.807, 2.05) is 0 Å². The van der Waals surface area contributed by atoms with Crippen LogP contribution in [0.2, 0.25) is 0 Å². The smallest absolute Gasteiger partial charge is 0.234 e. The Balaban J connectivity index is 2.26. The van der Waals surface area contributed by atoms with E-state index in [4.69, 9.17) is 0 Å². The molecule has 0 aliphatic rings. The van der Waals surface area contributed by atoms with Gasteiger partial charge in [-0.3, -0.25) is 0 Å². The van der Waals surface area contributed by atoms with Gasteiger partial charge < -0.3 is 0 Å². The van der Waals surface area contributed by atoms with Gasteiger partial charge in [-0.2, -0.15) is 0 Å². The SMILES string of the molecule is CCCCCCCCCCCC[n+]1ccn(CCCCCCCCCC)c1CCCCC. The first kappa shape index (κ1) is 29.2. The number of rotatable bonds is 24. The Labute approximate surface area is 202 Å². The summed E-state index contributed by atoms with van der Waals surface area (Å²) in [6, 6.07) is 0. The largest absolute Gasteiger partial charge is 0.256 e. The fourth-order valence-corrected chi connectivity index (χ4v) is 4.91. The summed E-state index contributed by atoms with van der Waals surface area (Å²) >= 11 is 0. The van der Waals surface area contributed by atoms with Gasteiger partial charge >= 0.3 is 0 Å². The maximum Gasteiger partial charge on any atom is 0.256 e. The van der Waals surface area contributed by atoms with E-state index in [1.165, 1.54) is 154 Å². The molecular formula is C30H59N2+. The van der Waals surface area contributed by atoms with Crippen molar-refractivity contribution in [3.05, 3.63) is 18.2 Å². The molecular weight excluding hydrogens is 388 g/mol. The van der Waals surface area contributed by atoms with E-state index in [0.717, 1.165) is 0 Å². The quantitative estimate of drug-likeness (QED) is 0.110. The summed E-state index contributed by atoms with van der Waals surface area (Å²) in [6.07, 6.45) is 35.5. The van der Waals surface area contributed by atoms with Gasteiger partial charge in [-0.15, -0.1) is 0 Å². The first-order chi connectivity index (χ1) is 15.8. The van der Waals surface area contributed by atoms with Crippen molar-refractivity contribution in [3.63, 3.8) is 0 Å². The minimum Gasteiger partial charge on any atom is -0.234 e. The Hall–Kier alpha value is -0.790. The predicted octanol–water partition coefficient (Wildman–Crippen LogP) is 9.57. The molecule has 1 aromatic rings. The number of hydrogen-bond donors (Lipinski definition) is 0. The van der Waals surface area contributed by atoms with Crippen LogP contribution in [0.15, 0.2) is 12.4 Å². The van der Waals surface area contributed by atoms with Gasteiger partial charge in [-0.05, 0) is 32.1 Å². The summed E-state index contributed by atoms with van der Waals surface area (Å²) in [5, 5.41) is 0. The van der Waals surface area contributed by atoms with Gasteiger partial charge in [0.1, 0.15) is 12.4 Å². The molecule has 1 rings (SSSR count). The van der Waals surface area contributed by atoms with E-state index in [9.17, 15) is 0 Å². The number of aryl methyl sites for hydroxylation is 2. The lowest BCUT2D eigenvalue weighted by molar-refractivity contribution is -0.704. The Morgan fingerprint density at radius 1 is 0.531 bits per heavy atom. The molecule has 0 amide bonds. The van der Waals surface area contributed by atoms with Crippen molar-refractivity contribution in [3.8, 4) is 0 Å². The third-order valence-corrected chi connectivity index (χ3v) is 7.10. The molecule has 0 radical (unpaired) electrons. The highest BCUT2D eigenvalue weighted by atomic mass is 15.1. The maximum atomic E-state index is 2.59. The van der Waals surface area contributed by atoms with Crippen molar-refractivity contribution in [2.24, 2.45) is 0 Å². The highest BCUT2D eigenvalue weighted by molar-refractivity contribution is 4.84. The molecule has 0 saturated heterocycles. The van der Waals surface area contributed by atoms with Crippen LogP contribution in [0, 0.1) is 0 Å².